The van der Waals surface area contributed by atoms with Crippen molar-refractivity contribution < 1.29 is 38.8 Å². The Morgan fingerprint density at radius 2 is 0.680 bits per heavy atom. The summed E-state index contributed by atoms with van der Waals surface area (Å²) in [5, 5.41) is 47.7. The van der Waals surface area contributed by atoms with Crippen molar-refractivity contribution in [2.45, 2.75) is 27.1 Å². The number of hydrogen-bond acceptors (Lipinski definition) is 17. The lowest BCUT2D eigenvalue weighted by Crippen LogP contribution is -2.27. The van der Waals surface area contributed by atoms with Crippen LogP contribution in [0, 0.1) is 13.8 Å². The quantitative estimate of drug-likeness (QED) is 0.0150. The van der Waals surface area contributed by atoms with Crippen LogP contribution in [0.15, 0.2) is 261 Å². The highest BCUT2D eigenvalue weighted by Gasteiger charge is 2.20. The van der Waals surface area contributed by atoms with Gasteiger partial charge in [-0.05, 0) is 188 Å². The molecule has 0 radical (unpaired) electrons. The molecule has 9 N–H and O–H groups in total. The highest BCUT2D eigenvalue weighted by atomic mass is 35.5. The molecule has 0 atom stereocenters. The van der Waals surface area contributed by atoms with Crippen molar-refractivity contribution in [2.24, 2.45) is 0 Å². The smallest absolute Gasteiger partial charge is 0.417 e. The number of aliphatic hydroxyl groups is 2. The Hall–Kier alpha value is -12.3. The predicted octanol–water partition coefficient (Wildman–Crippen LogP) is 23.7. The van der Waals surface area contributed by atoms with Crippen molar-refractivity contribution in [1.82, 2.24) is 15.0 Å². The summed E-state index contributed by atoms with van der Waals surface area (Å²) < 4.78 is 16.6. The van der Waals surface area contributed by atoms with Crippen molar-refractivity contribution in [3.05, 3.63) is 283 Å². The number of alkyl halides is 6. The number of aromatic nitrogens is 3. The van der Waals surface area contributed by atoms with Gasteiger partial charge in [-0.15, -0.1) is 69.6 Å². The number of methoxy groups -OCH3 is 1. The second-order valence-electron chi connectivity index (χ2n) is 28.2. The molecule has 4 amide bonds. The number of nitrogens with one attached hydrogen (secondary N) is 7. The Balaban J connectivity index is 0.000000158. The zero-order valence-electron chi connectivity index (χ0n) is 67.0. The third kappa shape index (κ3) is 22.3. The number of benzene rings is 12. The fourth-order valence-corrected chi connectivity index (χ4v) is 15.5. The first-order valence-electron chi connectivity index (χ1n) is 39.4. The minimum atomic E-state index is -0.646. The first-order chi connectivity index (χ1) is 59.6. The van der Waals surface area contributed by atoms with Crippen LogP contribution in [0.4, 0.5) is 88.3 Å². The minimum absolute atomic E-state index is 0.195. The number of aliphatic hydroxyl groups excluding tert-OH is 2. The molecular weight excluding hydrogens is 1660 g/mol. The molecule has 624 valence electrons. The first-order valence-corrected chi connectivity index (χ1v) is 42.6. The van der Waals surface area contributed by atoms with Crippen LogP contribution in [0.25, 0.3) is 65.4 Å². The van der Waals surface area contributed by atoms with Crippen LogP contribution in [0.1, 0.15) is 22.3 Å². The molecule has 3 heterocycles. The topological polar surface area (TPSA) is 252 Å². The molecule has 0 saturated carbocycles. The van der Waals surface area contributed by atoms with E-state index in [9.17, 15) is 24.6 Å². The average molecular weight is 1750 g/mol. The van der Waals surface area contributed by atoms with Crippen LogP contribution in [0.5, 0.6) is 17.2 Å². The Morgan fingerprint density at radius 1 is 0.344 bits per heavy atom. The summed E-state index contributed by atoms with van der Waals surface area (Å²) in [6, 6.07) is 81.9. The SMILES string of the molecule is COc1ccc(Nc2c3ccccc3nc3c(C)cccc23)cc1NC(=O)Nc1ccc(N(CCCl)CCCl)cc1.Cc1cccc2c(Nc3cc(CO)cc(NC(=O)Oc4ccc(N(CCCl)CCCl)cc4)c3)c3ccccc3nc12.O=C(Nc1cc(CO)cc(Nc2c3ccccc3nc3ccccc23)c1)Oc1ccc(N(CCCl)CCCl)cc1. The second kappa shape index (κ2) is 42.8. The number of halogens is 6. The molecule has 15 aromatic rings. The molecule has 0 fully saturated rings. The van der Waals surface area contributed by atoms with E-state index in [-0.39, 0.29) is 19.2 Å². The maximum atomic E-state index is 13.0. The van der Waals surface area contributed by atoms with Crippen molar-refractivity contribution in [1.29, 1.82) is 0 Å². The van der Waals surface area contributed by atoms with E-state index in [0.717, 1.165) is 116 Å². The van der Waals surface area contributed by atoms with Gasteiger partial charge in [0.1, 0.15) is 17.2 Å². The van der Waals surface area contributed by atoms with Gasteiger partial charge in [-0.2, -0.15) is 0 Å². The lowest BCUT2D eigenvalue weighted by Gasteiger charge is -2.23. The Morgan fingerprint density at radius 3 is 1.06 bits per heavy atom. The molecule has 0 aliphatic rings. The van der Waals surface area contributed by atoms with Crippen molar-refractivity contribution >= 4 is 227 Å². The Bertz CT molecular complexity index is 6090. The van der Waals surface area contributed by atoms with Crippen LogP contribution in [-0.4, -0.2) is 125 Å². The number of anilines is 13. The third-order valence-electron chi connectivity index (χ3n) is 20.0. The number of ether oxygens (including phenoxy) is 3. The van der Waals surface area contributed by atoms with Crippen LogP contribution in [0.3, 0.4) is 0 Å². The number of pyridine rings is 3. The number of carbonyl (C=O) groups is 3. The van der Waals surface area contributed by atoms with Gasteiger partial charge in [-0.1, -0.05) is 109 Å². The summed E-state index contributed by atoms with van der Waals surface area (Å²) in [6.07, 6.45) is -1.29. The van der Waals surface area contributed by atoms with Gasteiger partial charge in [-0.25, -0.2) is 29.3 Å². The number of aryl methyl sites for hydroxylation is 2. The molecule has 0 saturated heterocycles. The summed E-state index contributed by atoms with van der Waals surface area (Å²) >= 11 is 35.5. The number of urea groups is 1. The molecule has 12 aromatic carbocycles. The van der Waals surface area contributed by atoms with Gasteiger partial charge < -0.3 is 65.7 Å². The molecule has 0 aliphatic carbocycles. The molecule has 27 heteroatoms. The first kappa shape index (κ1) is 87.5. The molecule has 0 spiro atoms. The highest BCUT2D eigenvalue weighted by Crippen LogP contribution is 2.40. The van der Waals surface area contributed by atoms with Gasteiger partial charge >= 0.3 is 18.2 Å². The fraction of sp³-hybridized carbons (Fsp3) is 0.179. The van der Waals surface area contributed by atoms with Gasteiger partial charge in [0.15, 0.2) is 0 Å². The summed E-state index contributed by atoms with van der Waals surface area (Å²) in [5.41, 5.74) is 18.8. The predicted molar refractivity (Wildman–Crippen MR) is 507 cm³/mol. The maximum Gasteiger partial charge on any atom is 0.417 e. The summed E-state index contributed by atoms with van der Waals surface area (Å²) in [5.74, 6) is 4.26. The number of para-hydroxylation sites is 6. The van der Waals surface area contributed by atoms with Crippen molar-refractivity contribution in [3.8, 4) is 17.2 Å². The lowest BCUT2D eigenvalue weighted by molar-refractivity contribution is 0.214. The van der Waals surface area contributed by atoms with Crippen LogP contribution in [0.2, 0.25) is 0 Å². The second-order valence-corrected chi connectivity index (χ2v) is 30.4. The van der Waals surface area contributed by atoms with E-state index in [2.05, 4.69) is 77.0 Å². The van der Waals surface area contributed by atoms with E-state index >= 15 is 0 Å². The summed E-state index contributed by atoms with van der Waals surface area (Å²) in [4.78, 5) is 59.3. The van der Waals surface area contributed by atoms with Crippen molar-refractivity contribution in [3.63, 3.8) is 0 Å². The zero-order valence-corrected chi connectivity index (χ0v) is 71.6. The zero-order chi connectivity index (χ0) is 85.4. The van der Waals surface area contributed by atoms with Crippen LogP contribution >= 0.6 is 69.6 Å². The van der Waals surface area contributed by atoms with E-state index in [1.54, 1.807) is 55.6 Å². The Labute approximate surface area is 736 Å². The average Bonchev–Trinajstić information content (AvgIpc) is 0.771. The van der Waals surface area contributed by atoms with E-state index in [1.165, 1.54) is 0 Å². The van der Waals surface area contributed by atoms with Gasteiger partial charge in [0, 0.05) is 158 Å². The molecule has 3 aromatic heterocycles. The van der Waals surface area contributed by atoms with Gasteiger partial charge in [0.2, 0.25) is 0 Å². The Kier molecular flexibility index (Phi) is 30.7. The normalized spacial score (nSPS) is 11.0. The monoisotopic (exact) mass is 1750 g/mol. The van der Waals surface area contributed by atoms with Gasteiger partial charge in [0.05, 0.1) is 76.2 Å². The summed E-state index contributed by atoms with van der Waals surface area (Å²) in [6.45, 7) is 7.75. The van der Waals surface area contributed by atoms with Crippen molar-refractivity contribution in [2.75, 3.05) is 134 Å². The number of nitrogens with zero attached hydrogens (tertiary/aromatic N) is 6. The molecule has 0 bridgehead atoms. The van der Waals surface area contributed by atoms with Crippen LogP contribution < -0.4 is 66.1 Å². The minimum Gasteiger partial charge on any atom is -0.495 e. The summed E-state index contributed by atoms with van der Waals surface area (Å²) in [7, 11) is 1.57. The molecular formula is C95H89Cl6N13O8. The number of carbonyl (C=O) groups excluding carboxylic acids is 3. The van der Waals surface area contributed by atoms with Gasteiger partial charge in [0.25, 0.3) is 0 Å². The molecule has 0 aliphatic heterocycles. The molecule has 0 unspecified atom stereocenters. The van der Waals surface area contributed by atoms with Gasteiger partial charge in [-0.3, -0.25) is 10.6 Å². The molecule has 15 rings (SSSR count). The largest absolute Gasteiger partial charge is 0.495 e. The highest BCUT2D eigenvalue weighted by molar-refractivity contribution is 6.20. The third-order valence-corrected chi connectivity index (χ3v) is 21.0. The number of amides is 4. The number of rotatable bonds is 30. The van der Waals surface area contributed by atoms with Crippen LogP contribution in [-0.2, 0) is 13.2 Å². The van der Waals surface area contributed by atoms with E-state index in [0.29, 0.717) is 137 Å². The standard InChI is InChI=1S/C32H31Cl2N5O2.C32H30Cl2N4O3.C31H28Cl2N4O3/c1-21-6-5-8-26-30(21)37-27-9-4-3-7-25(27)31(26)35-23-12-15-29(41-2)28(20-23)38-32(40)36-22-10-13-24(14-11-22)39(18-16-33)19-17-34;1-21-5-4-7-28-30(21)37-29-8-3-2-6-27(29)31(28)35-23-17-22(20-39)18-24(19-23)36-32(40)41-26-11-9-25(10-12-26)38(15-13-33)16-14-34;32-13-15-37(16-14-33)24-9-11-25(12-10-24)40-31(39)35-23-18-21(20-38)17-22(19-23)34-30-26-5-1-3-7-28(26)36-29-8-4-2-6-27(29)30/h3-15,20H,16-19H2,1-2H3,(H,35,37)(H2,36,38,40);2-12,17-19,39H,13-16,20H2,1H3,(H,35,37)(H,36,40);1-12,17-19,38H,13-16,20H2,(H,34,36)(H,35,39). The van der Waals surface area contributed by atoms with E-state index < -0.39 is 12.2 Å². The van der Waals surface area contributed by atoms with E-state index in [4.69, 9.17) is 98.8 Å². The van der Waals surface area contributed by atoms with E-state index in [1.807, 2.05) is 201 Å². The molecule has 122 heavy (non-hydrogen) atoms. The lowest BCUT2D eigenvalue weighted by atomic mass is 10.0. The maximum absolute atomic E-state index is 13.0. The number of fused-ring (bicyclic) bond motifs is 6. The fourth-order valence-electron chi connectivity index (χ4n) is 14.2. The number of hydrogen-bond donors (Lipinski definition) is 9. The molecule has 21 nitrogen and oxygen atoms in total.